The van der Waals surface area contributed by atoms with Crippen molar-refractivity contribution >= 4 is 15.9 Å². The number of benzene rings is 1. The molecule has 0 unspecified atom stereocenters. The lowest BCUT2D eigenvalue weighted by Crippen LogP contribution is -2.50. The van der Waals surface area contributed by atoms with Gasteiger partial charge in [-0.15, -0.1) is 0 Å². The molecule has 1 aliphatic heterocycles. The molecular formula is C14H17F3N2O3S. The minimum atomic E-state index is -4.44. The Morgan fingerprint density at radius 3 is 2.30 bits per heavy atom. The average Bonchev–Trinajstić information content (AvgIpc) is 2.46. The third-order valence-electron chi connectivity index (χ3n) is 3.67. The van der Waals surface area contributed by atoms with Gasteiger partial charge in [0.2, 0.25) is 15.9 Å². The number of hydrogen-bond acceptors (Lipinski definition) is 3. The lowest BCUT2D eigenvalue weighted by Gasteiger charge is -2.33. The van der Waals surface area contributed by atoms with Crippen molar-refractivity contribution in [3.8, 4) is 0 Å². The monoisotopic (exact) mass is 350 g/mol. The van der Waals surface area contributed by atoms with Crippen molar-refractivity contribution in [2.45, 2.75) is 12.6 Å². The maximum atomic E-state index is 12.7. The Kier molecular flexibility index (Phi) is 5.00. The van der Waals surface area contributed by atoms with E-state index in [9.17, 15) is 26.4 Å². The number of hydrogen-bond donors (Lipinski definition) is 0. The van der Waals surface area contributed by atoms with Gasteiger partial charge in [-0.05, 0) is 11.6 Å². The number of amides is 1. The fourth-order valence-electron chi connectivity index (χ4n) is 2.41. The molecule has 128 valence electrons. The number of carbonyl (C=O) groups is 1. The van der Waals surface area contributed by atoms with Crippen LogP contribution in [0.1, 0.15) is 11.1 Å². The Hall–Kier alpha value is -1.61. The van der Waals surface area contributed by atoms with Crippen molar-refractivity contribution in [1.82, 2.24) is 9.21 Å². The Balaban J connectivity index is 1.98. The van der Waals surface area contributed by atoms with E-state index in [1.165, 1.54) is 21.3 Å². The van der Waals surface area contributed by atoms with Crippen LogP contribution >= 0.6 is 0 Å². The summed E-state index contributed by atoms with van der Waals surface area (Å²) in [7, 11) is -3.29. The van der Waals surface area contributed by atoms with Crippen LogP contribution in [0.5, 0.6) is 0 Å². The van der Waals surface area contributed by atoms with Crippen molar-refractivity contribution in [3.63, 3.8) is 0 Å². The van der Waals surface area contributed by atoms with Gasteiger partial charge in [-0.3, -0.25) is 4.79 Å². The van der Waals surface area contributed by atoms with Crippen molar-refractivity contribution in [3.05, 3.63) is 35.4 Å². The van der Waals surface area contributed by atoms with Gasteiger partial charge in [0, 0.05) is 26.2 Å². The normalized spacial score (nSPS) is 17.3. The van der Waals surface area contributed by atoms with Crippen LogP contribution in [0.4, 0.5) is 13.2 Å². The standard InChI is InChI=1S/C14H17F3N2O3S/c1-23(21,22)19-7-5-18(6-8-19)13(20)10-11-3-2-4-12(9-11)14(15,16)17/h2-4,9H,5-8,10H2,1H3. The van der Waals surface area contributed by atoms with E-state index in [2.05, 4.69) is 0 Å². The largest absolute Gasteiger partial charge is 0.416 e. The summed E-state index contributed by atoms with van der Waals surface area (Å²) in [6.45, 7) is 0.885. The molecule has 0 bridgehead atoms. The molecule has 0 atom stereocenters. The zero-order valence-electron chi connectivity index (χ0n) is 12.5. The highest BCUT2D eigenvalue weighted by Crippen LogP contribution is 2.29. The van der Waals surface area contributed by atoms with E-state index in [4.69, 9.17) is 0 Å². The maximum Gasteiger partial charge on any atom is 0.416 e. The minimum absolute atomic E-state index is 0.136. The number of nitrogens with zero attached hydrogens (tertiary/aromatic N) is 2. The van der Waals surface area contributed by atoms with Crippen molar-refractivity contribution in [2.75, 3.05) is 32.4 Å². The maximum absolute atomic E-state index is 12.7. The molecule has 9 heteroatoms. The second-order valence-corrected chi connectivity index (χ2v) is 7.40. The Bertz CT molecular complexity index is 681. The first-order chi connectivity index (χ1) is 10.6. The number of sulfonamides is 1. The van der Waals surface area contributed by atoms with Gasteiger partial charge >= 0.3 is 6.18 Å². The lowest BCUT2D eigenvalue weighted by atomic mass is 10.1. The SMILES string of the molecule is CS(=O)(=O)N1CCN(C(=O)Cc2cccc(C(F)(F)F)c2)CC1. The Morgan fingerprint density at radius 2 is 1.78 bits per heavy atom. The molecule has 0 aliphatic carbocycles. The summed E-state index contributed by atoms with van der Waals surface area (Å²) in [5.41, 5.74) is -0.500. The zero-order valence-corrected chi connectivity index (χ0v) is 13.3. The molecule has 0 saturated carbocycles. The van der Waals surface area contributed by atoms with Crippen molar-refractivity contribution in [1.29, 1.82) is 0 Å². The van der Waals surface area contributed by atoms with Crippen LogP contribution in [-0.4, -0.2) is 56.0 Å². The van der Waals surface area contributed by atoms with Crippen molar-refractivity contribution in [2.24, 2.45) is 0 Å². The van der Waals surface area contributed by atoms with E-state index in [1.807, 2.05) is 0 Å². The first kappa shape index (κ1) is 17.7. The summed E-state index contributed by atoms with van der Waals surface area (Å²) in [6.07, 6.45) is -3.48. The molecule has 0 spiro atoms. The number of halogens is 3. The molecule has 1 fully saturated rings. The fraction of sp³-hybridized carbons (Fsp3) is 0.500. The van der Waals surface area contributed by atoms with Crippen LogP contribution in [0, 0.1) is 0 Å². The predicted octanol–water partition coefficient (Wildman–Crippen LogP) is 1.35. The second kappa shape index (κ2) is 6.48. The summed E-state index contributed by atoms with van der Waals surface area (Å²) in [5.74, 6) is -0.308. The minimum Gasteiger partial charge on any atom is -0.340 e. The number of rotatable bonds is 3. The number of piperazine rings is 1. The molecule has 0 N–H and O–H groups in total. The Morgan fingerprint density at radius 1 is 1.17 bits per heavy atom. The summed E-state index contributed by atoms with van der Waals surface area (Å²) in [6, 6.07) is 4.66. The van der Waals surface area contributed by atoms with E-state index in [-0.39, 0.29) is 44.1 Å². The smallest absolute Gasteiger partial charge is 0.340 e. The zero-order chi connectivity index (χ0) is 17.3. The van der Waals surface area contributed by atoms with E-state index in [0.29, 0.717) is 0 Å². The van der Waals surface area contributed by atoms with E-state index >= 15 is 0 Å². The molecule has 1 aliphatic rings. The van der Waals surface area contributed by atoms with E-state index < -0.39 is 21.8 Å². The molecule has 23 heavy (non-hydrogen) atoms. The Labute approximate surface area is 132 Å². The molecule has 0 aromatic heterocycles. The van der Waals surface area contributed by atoms with Crippen LogP contribution in [0.25, 0.3) is 0 Å². The highest BCUT2D eigenvalue weighted by atomic mass is 32.2. The molecular weight excluding hydrogens is 333 g/mol. The summed E-state index contributed by atoms with van der Waals surface area (Å²) in [4.78, 5) is 13.6. The van der Waals surface area contributed by atoms with E-state index in [0.717, 1.165) is 18.4 Å². The van der Waals surface area contributed by atoms with Crippen LogP contribution in [0.15, 0.2) is 24.3 Å². The average molecular weight is 350 g/mol. The highest BCUT2D eigenvalue weighted by Gasteiger charge is 2.31. The first-order valence-corrected chi connectivity index (χ1v) is 8.81. The number of carbonyl (C=O) groups excluding carboxylic acids is 1. The molecule has 5 nitrogen and oxygen atoms in total. The fourth-order valence-corrected chi connectivity index (χ4v) is 3.24. The van der Waals surface area contributed by atoms with Gasteiger partial charge in [0.05, 0.1) is 18.2 Å². The van der Waals surface area contributed by atoms with Crippen LogP contribution in [0.2, 0.25) is 0 Å². The topological polar surface area (TPSA) is 57.7 Å². The van der Waals surface area contributed by atoms with E-state index in [1.54, 1.807) is 0 Å². The molecule has 1 saturated heterocycles. The summed E-state index contributed by atoms with van der Waals surface area (Å²) >= 11 is 0. The molecule has 2 rings (SSSR count). The number of alkyl halides is 3. The molecule has 1 aromatic rings. The second-order valence-electron chi connectivity index (χ2n) is 5.42. The molecule has 0 radical (unpaired) electrons. The molecule has 1 heterocycles. The first-order valence-electron chi connectivity index (χ1n) is 6.96. The third-order valence-corrected chi connectivity index (χ3v) is 4.97. The molecule has 1 amide bonds. The predicted molar refractivity (Wildman–Crippen MR) is 78.1 cm³/mol. The van der Waals surface area contributed by atoms with Crippen LogP contribution in [-0.2, 0) is 27.4 Å². The van der Waals surface area contributed by atoms with Crippen molar-refractivity contribution < 1.29 is 26.4 Å². The van der Waals surface area contributed by atoms with Gasteiger partial charge in [0.15, 0.2) is 0 Å². The van der Waals surface area contributed by atoms with Crippen LogP contribution < -0.4 is 0 Å². The lowest BCUT2D eigenvalue weighted by molar-refractivity contribution is -0.138. The van der Waals surface area contributed by atoms with Gasteiger partial charge in [-0.25, -0.2) is 8.42 Å². The van der Waals surface area contributed by atoms with Gasteiger partial charge in [-0.2, -0.15) is 17.5 Å². The third kappa shape index (κ3) is 4.68. The van der Waals surface area contributed by atoms with Gasteiger partial charge in [-0.1, -0.05) is 18.2 Å². The van der Waals surface area contributed by atoms with Crippen LogP contribution in [0.3, 0.4) is 0 Å². The summed E-state index contributed by atoms with van der Waals surface area (Å²) < 4.78 is 62.1. The highest BCUT2D eigenvalue weighted by molar-refractivity contribution is 7.88. The summed E-state index contributed by atoms with van der Waals surface area (Å²) in [5, 5.41) is 0. The van der Waals surface area contributed by atoms with Gasteiger partial charge in [0.1, 0.15) is 0 Å². The van der Waals surface area contributed by atoms with Gasteiger partial charge in [0.25, 0.3) is 0 Å². The quantitative estimate of drug-likeness (QED) is 0.827. The van der Waals surface area contributed by atoms with Gasteiger partial charge < -0.3 is 4.90 Å². The molecule has 1 aromatic carbocycles.